The molecule has 7 heteroatoms. The maximum Gasteiger partial charge on any atom is 0.254 e. The molecule has 4 rings (SSSR count). The van der Waals surface area contributed by atoms with E-state index in [1.807, 2.05) is 70.2 Å². The quantitative estimate of drug-likeness (QED) is 0.485. The topological polar surface area (TPSA) is 72.2 Å². The number of ether oxygens (including phenoxy) is 2. The summed E-state index contributed by atoms with van der Waals surface area (Å²) in [4.78, 5) is 30.0. The molecular weight excluding hydrogens is 432 g/mol. The average molecular weight is 463 g/mol. The minimum atomic E-state index is -0.166. The number of fused-ring (bicyclic) bond motifs is 1. The van der Waals surface area contributed by atoms with Gasteiger partial charge in [-0.05, 0) is 69.7 Å². The first-order valence-corrected chi connectivity index (χ1v) is 11.4. The Morgan fingerprint density at radius 3 is 2.32 bits per heavy atom. The summed E-state index contributed by atoms with van der Waals surface area (Å²) in [5.74, 6) is 2.49. The second kappa shape index (κ2) is 10.0. The van der Waals surface area contributed by atoms with Gasteiger partial charge in [-0.15, -0.1) is 0 Å². The van der Waals surface area contributed by atoms with Gasteiger partial charge < -0.3 is 23.7 Å². The molecule has 0 saturated carbocycles. The number of hydrogen-bond donors (Lipinski definition) is 0. The molecule has 2 aromatic carbocycles. The molecule has 1 aromatic heterocycles. The Morgan fingerprint density at radius 2 is 1.65 bits per heavy atom. The van der Waals surface area contributed by atoms with Gasteiger partial charge in [0, 0.05) is 18.2 Å². The zero-order chi connectivity index (χ0) is 24.2. The van der Waals surface area contributed by atoms with E-state index in [1.165, 1.54) is 0 Å². The number of aryl methyl sites for hydroxylation is 2. The van der Waals surface area contributed by atoms with Crippen molar-refractivity contribution in [3.63, 3.8) is 0 Å². The first kappa shape index (κ1) is 23.4. The first-order valence-electron chi connectivity index (χ1n) is 11.4. The molecule has 0 aliphatic carbocycles. The van der Waals surface area contributed by atoms with Crippen LogP contribution >= 0.6 is 0 Å². The fraction of sp³-hybridized carbons (Fsp3) is 0.333. The summed E-state index contributed by atoms with van der Waals surface area (Å²) in [6.07, 6.45) is 0. The first-order chi connectivity index (χ1) is 16.3. The summed E-state index contributed by atoms with van der Waals surface area (Å²) >= 11 is 0. The Bertz CT molecular complexity index is 1170. The van der Waals surface area contributed by atoms with E-state index in [1.54, 1.807) is 21.9 Å². The number of carbonyl (C=O) groups excluding carboxylic acids is 2. The van der Waals surface area contributed by atoms with E-state index < -0.39 is 0 Å². The van der Waals surface area contributed by atoms with Crippen LogP contribution in [-0.2, 0) is 17.9 Å². The van der Waals surface area contributed by atoms with E-state index >= 15 is 0 Å². The fourth-order valence-electron chi connectivity index (χ4n) is 3.85. The van der Waals surface area contributed by atoms with E-state index in [2.05, 4.69) is 0 Å². The van der Waals surface area contributed by atoms with E-state index in [9.17, 15) is 9.59 Å². The number of benzene rings is 2. The zero-order valence-corrected chi connectivity index (χ0v) is 20.0. The number of rotatable bonds is 8. The molecule has 0 fully saturated rings. The maximum absolute atomic E-state index is 13.5. The van der Waals surface area contributed by atoms with Crippen molar-refractivity contribution < 1.29 is 23.5 Å². The maximum atomic E-state index is 13.5. The summed E-state index contributed by atoms with van der Waals surface area (Å²) in [5, 5.41) is 0. The third-order valence-electron chi connectivity index (χ3n) is 5.79. The molecule has 34 heavy (non-hydrogen) atoms. The molecule has 178 valence electrons. The largest absolute Gasteiger partial charge is 0.464 e. The zero-order valence-electron chi connectivity index (χ0n) is 20.0. The normalized spacial score (nSPS) is 12.1. The van der Waals surface area contributed by atoms with Crippen LogP contribution in [0.3, 0.4) is 0 Å². The lowest BCUT2D eigenvalue weighted by molar-refractivity contribution is -0.133. The molecule has 1 aliphatic heterocycles. The molecular formula is C27H30N2O5. The highest BCUT2D eigenvalue weighted by Gasteiger charge is 2.26. The summed E-state index contributed by atoms with van der Waals surface area (Å²) in [6.45, 7) is 8.48. The van der Waals surface area contributed by atoms with Gasteiger partial charge in [0.15, 0.2) is 11.5 Å². The highest BCUT2D eigenvalue weighted by Crippen LogP contribution is 2.33. The van der Waals surface area contributed by atoms with E-state index in [4.69, 9.17) is 13.9 Å². The van der Waals surface area contributed by atoms with Gasteiger partial charge in [0.1, 0.15) is 18.1 Å². The number of furan rings is 1. The molecule has 0 unspecified atom stereocenters. The number of nitrogens with zero attached hydrogens (tertiary/aromatic N) is 2. The minimum absolute atomic E-state index is 0.0331. The van der Waals surface area contributed by atoms with Crippen molar-refractivity contribution in [3.8, 4) is 11.5 Å². The Morgan fingerprint density at radius 1 is 0.912 bits per heavy atom. The third-order valence-corrected chi connectivity index (χ3v) is 5.79. The summed E-state index contributed by atoms with van der Waals surface area (Å²) in [6, 6.07) is 16.6. The molecule has 0 saturated heterocycles. The molecule has 1 aliphatic rings. The highest BCUT2D eigenvalue weighted by molar-refractivity contribution is 5.96. The van der Waals surface area contributed by atoms with Crippen molar-refractivity contribution in [1.29, 1.82) is 0 Å². The molecule has 2 amide bonds. The van der Waals surface area contributed by atoms with Crippen LogP contribution in [0, 0.1) is 13.8 Å². The number of amides is 2. The number of hydrogen-bond acceptors (Lipinski definition) is 5. The van der Waals surface area contributed by atoms with Crippen molar-refractivity contribution in [1.82, 2.24) is 9.80 Å². The molecule has 2 heterocycles. The van der Waals surface area contributed by atoms with Crippen molar-refractivity contribution in [2.45, 2.75) is 46.8 Å². The second-order valence-corrected chi connectivity index (χ2v) is 8.84. The SMILES string of the molecule is Cc1ccc(C(=O)N(CC(=O)N(Cc2ccc3c(c2)OCO3)Cc2ccc(C)o2)C(C)C)cc1. The van der Waals surface area contributed by atoms with E-state index in [0.29, 0.717) is 35.9 Å². The minimum Gasteiger partial charge on any atom is -0.464 e. The standard InChI is InChI=1S/C27H30N2O5/c1-18(2)29(27(31)22-9-5-19(3)6-10-22)16-26(30)28(15-23-11-7-20(4)34-23)14-21-8-12-24-25(13-21)33-17-32-24/h5-13,18H,14-17H2,1-4H3. The van der Waals surface area contributed by atoms with Gasteiger partial charge in [-0.2, -0.15) is 0 Å². The molecule has 0 bridgehead atoms. The van der Waals surface area contributed by atoms with Crippen LogP contribution < -0.4 is 9.47 Å². The molecule has 0 radical (unpaired) electrons. The fourth-order valence-corrected chi connectivity index (χ4v) is 3.85. The Balaban J connectivity index is 1.55. The Labute approximate surface area is 199 Å². The van der Waals surface area contributed by atoms with Gasteiger partial charge in [0.05, 0.1) is 6.54 Å². The predicted molar refractivity (Wildman–Crippen MR) is 128 cm³/mol. The van der Waals surface area contributed by atoms with Crippen LogP contribution in [0.4, 0.5) is 0 Å². The van der Waals surface area contributed by atoms with Gasteiger partial charge in [-0.1, -0.05) is 23.8 Å². The Hall–Kier alpha value is -3.74. The van der Waals surface area contributed by atoms with Crippen LogP contribution in [0.1, 0.15) is 46.9 Å². The van der Waals surface area contributed by atoms with Gasteiger partial charge >= 0.3 is 0 Å². The van der Waals surface area contributed by atoms with Gasteiger partial charge in [-0.3, -0.25) is 9.59 Å². The van der Waals surface area contributed by atoms with Gasteiger partial charge in [0.25, 0.3) is 5.91 Å². The smallest absolute Gasteiger partial charge is 0.254 e. The van der Waals surface area contributed by atoms with Crippen molar-refractivity contribution in [2.24, 2.45) is 0 Å². The van der Waals surface area contributed by atoms with Gasteiger partial charge in [0.2, 0.25) is 12.7 Å². The van der Waals surface area contributed by atoms with Crippen molar-refractivity contribution >= 4 is 11.8 Å². The average Bonchev–Trinajstić information content (AvgIpc) is 3.44. The van der Waals surface area contributed by atoms with Crippen LogP contribution in [-0.4, -0.2) is 41.0 Å². The van der Waals surface area contributed by atoms with Crippen LogP contribution in [0.15, 0.2) is 59.0 Å². The Kier molecular flexibility index (Phi) is 6.91. The molecule has 0 N–H and O–H groups in total. The molecule has 0 atom stereocenters. The van der Waals surface area contributed by atoms with E-state index in [0.717, 1.165) is 16.9 Å². The summed E-state index contributed by atoms with van der Waals surface area (Å²) in [5.41, 5.74) is 2.55. The van der Waals surface area contributed by atoms with Crippen molar-refractivity contribution in [3.05, 3.63) is 82.8 Å². The van der Waals surface area contributed by atoms with E-state index in [-0.39, 0.29) is 31.2 Å². The monoisotopic (exact) mass is 462 g/mol. The van der Waals surface area contributed by atoms with Crippen LogP contribution in [0.25, 0.3) is 0 Å². The predicted octanol–water partition coefficient (Wildman–Crippen LogP) is 4.70. The summed E-state index contributed by atoms with van der Waals surface area (Å²) in [7, 11) is 0. The van der Waals surface area contributed by atoms with Gasteiger partial charge in [-0.25, -0.2) is 0 Å². The summed E-state index contributed by atoms with van der Waals surface area (Å²) < 4.78 is 16.6. The third kappa shape index (κ3) is 5.42. The van der Waals surface area contributed by atoms with Crippen molar-refractivity contribution in [2.75, 3.05) is 13.3 Å². The lowest BCUT2D eigenvalue weighted by Crippen LogP contribution is -2.45. The molecule has 7 nitrogen and oxygen atoms in total. The number of carbonyl (C=O) groups is 2. The van der Waals surface area contributed by atoms with Crippen LogP contribution in [0.5, 0.6) is 11.5 Å². The van der Waals surface area contributed by atoms with Crippen LogP contribution in [0.2, 0.25) is 0 Å². The lowest BCUT2D eigenvalue weighted by atomic mass is 10.1. The second-order valence-electron chi connectivity index (χ2n) is 8.84. The molecule has 3 aromatic rings. The lowest BCUT2D eigenvalue weighted by Gasteiger charge is -2.30. The molecule has 0 spiro atoms. The highest BCUT2D eigenvalue weighted by atomic mass is 16.7.